The molecule has 0 aliphatic carbocycles. The zero-order valence-corrected chi connectivity index (χ0v) is 12.4. The molecular formula is C14H23BO6. The number of hydrogen-bond donors (Lipinski definition) is 2. The summed E-state index contributed by atoms with van der Waals surface area (Å²) in [5, 5.41) is 17.9. The lowest BCUT2D eigenvalue weighted by molar-refractivity contribution is 0.000870. The molecular weight excluding hydrogens is 275 g/mol. The fraction of sp³-hybridized carbons (Fsp3) is 0.571. The summed E-state index contributed by atoms with van der Waals surface area (Å²) < 4.78 is 20.9. The standard InChI is InChI=1S/C14H23BO6/c1-18-6-7-19-8-9-20-10-11-21-12-13-2-4-14(5-3-13)15(16)17/h2-5,16-17H,6-12H2,1H3. The van der Waals surface area contributed by atoms with Gasteiger partial charge >= 0.3 is 7.12 Å². The first kappa shape index (κ1) is 18.1. The minimum atomic E-state index is -1.43. The summed E-state index contributed by atoms with van der Waals surface area (Å²) in [6.45, 7) is 3.74. The fourth-order valence-corrected chi connectivity index (χ4v) is 1.56. The maximum atomic E-state index is 8.97. The van der Waals surface area contributed by atoms with Crippen molar-refractivity contribution in [2.75, 3.05) is 46.8 Å². The van der Waals surface area contributed by atoms with Gasteiger partial charge in [-0.25, -0.2) is 0 Å². The molecule has 6 nitrogen and oxygen atoms in total. The molecule has 0 saturated heterocycles. The molecule has 21 heavy (non-hydrogen) atoms. The Kier molecular flexibility index (Phi) is 10.1. The van der Waals surface area contributed by atoms with E-state index in [-0.39, 0.29) is 0 Å². The van der Waals surface area contributed by atoms with Crippen molar-refractivity contribution in [2.45, 2.75) is 6.61 Å². The van der Waals surface area contributed by atoms with Crippen LogP contribution in [0.1, 0.15) is 5.56 Å². The summed E-state index contributed by atoms with van der Waals surface area (Å²) in [6.07, 6.45) is 0. The molecule has 0 saturated carbocycles. The predicted molar refractivity (Wildman–Crippen MR) is 79.4 cm³/mol. The van der Waals surface area contributed by atoms with Crippen molar-refractivity contribution in [3.8, 4) is 0 Å². The van der Waals surface area contributed by atoms with E-state index in [2.05, 4.69) is 0 Å². The van der Waals surface area contributed by atoms with Crippen LogP contribution in [0, 0.1) is 0 Å². The first-order chi connectivity index (χ1) is 10.2. The van der Waals surface area contributed by atoms with Gasteiger partial charge in [-0.1, -0.05) is 24.3 Å². The third-order valence-electron chi connectivity index (χ3n) is 2.72. The van der Waals surface area contributed by atoms with Crippen LogP contribution in [0.2, 0.25) is 0 Å². The summed E-state index contributed by atoms with van der Waals surface area (Å²) >= 11 is 0. The predicted octanol–water partition coefficient (Wildman–Crippen LogP) is -0.437. The second-order valence-corrected chi connectivity index (χ2v) is 4.39. The van der Waals surface area contributed by atoms with Crippen LogP contribution in [-0.4, -0.2) is 63.9 Å². The third-order valence-corrected chi connectivity index (χ3v) is 2.72. The van der Waals surface area contributed by atoms with Crippen LogP contribution in [0.15, 0.2) is 24.3 Å². The van der Waals surface area contributed by atoms with Crippen LogP contribution < -0.4 is 5.46 Å². The van der Waals surface area contributed by atoms with Crippen LogP contribution in [0.4, 0.5) is 0 Å². The largest absolute Gasteiger partial charge is 0.488 e. The Hall–Kier alpha value is -0.955. The van der Waals surface area contributed by atoms with Crippen LogP contribution in [0.25, 0.3) is 0 Å². The van der Waals surface area contributed by atoms with Crippen molar-refractivity contribution in [1.29, 1.82) is 0 Å². The highest BCUT2D eigenvalue weighted by atomic mass is 16.6. The van der Waals surface area contributed by atoms with E-state index in [1.165, 1.54) is 0 Å². The molecule has 0 bridgehead atoms. The third kappa shape index (κ3) is 8.82. The van der Waals surface area contributed by atoms with Gasteiger partial charge in [0.15, 0.2) is 0 Å². The molecule has 0 aliphatic heterocycles. The van der Waals surface area contributed by atoms with Gasteiger partial charge in [0.25, 0.3) is 0 Å². The van der Waals surface area contributed by atoms with Gasteiger partial charge in [0.05, 0.1) is 46.2 Å². The maximum absolute atomic E-state index is 8.97. The molecule has 0 fully saturated rings. The number of benzene rings is 1. The molecule has 7 heteroatoms. The van der Waals surface area contributed by atoms with E-state index in [1.807, 2.05) is 0 Å². The smallest absolute Gasteiger partial charge is 0.423 e. The van der Waals surface area contributed by atoms with E-state index in [0.717, 1.165) is 5.56 Å². The van der Waals surface area contributed by atoms with E-state index >= 15 is 0 Å². The maximum Gasteiger partial charge on any atom is 0.488 e. The van der Waals surface area contributed by atoms with Gasteiger partial charge in [0, 0.05) is 7.11 Å². The minimum Gasteiger partial charge on any atom is -0.423 e. The molecule has 1 aromatic carbocycles. The second-order valence-electron chi connectivity index (χ2n) is 4.39. The lowest BCUT2D eigenvalue weighted by atomic mass is 9.80. The van der Waals surface area contributed by atoms with Crippen molar-refractivity contribution >= 4 is 12.6 Å². The Labute approximate surface area is 125 Å². The van der Waals surface area contributed by atoms with E-state index < -0.39 is 7.12 Å². The summed E-state index contributed by atoms with van der Waals surface area (Å²) in [4.78, 5) is 0. The molecule has 0 spiro atoms. The Morgan fingerprint density at radius 3 is 1.86 bits per heavy atom. The molecule has 0 heterocycles. The fourth-order valence-electron chi connectivity index (χ4n) is 1.56. The van der Waals surface area contributed by atoms with Crippen LogP contribution >= 0.6 is 0 Å². The van der Waals surface area contributed by atoms with Gasteiger partial charge in [0.2, 0.25) is 0 Å². The second kappa shape index (κ2) is 11.7. The molecule has 0 atom stereocenters. The van der Waals surface area contributed by atoms with Gasteiger partial charge in [-0.3, -0.25) is 0 Å². The Bertz CT molecular complexity index is 357. The van der Waals surface area contributed by atoms with E-state index in [1.54, 1.807) is 31.4 Å². The van der Waals surface area contributed by atoms with Crippen molar-refractivity contribution < 1.29 is 29.0 Å². The molecule has 0 unspecified atom stereocenters. The molecule has 0 radical (unpaired) electrons. The van der Waals surface area contributed by atoms with Crippen LogP contribution in [0.3, 0.4) is 0 Å². The highest BCUT2D eigenvalue weighted by Crippen LogP contribution is 1.99. The molecule has 1 aromatic rings. The average Bonchev–Trinajstić information content (AvgIpc) is 2.49. The van der Waals surface area contributed by atoms with Gasteiger partial charge < -0.3 is 29.0 Å². The number of rotatable bonds is 12. The Morgan fingerprint density at radius 1 is 0.810 bits per heavy atom. The van der Waals surface area contributed by atoms with Gasteiger partial charge in [0.1, 0.15) is 0 Å². The van der Waals surface area contributed by atoms with E-state index in [9.17, 15) is 0 Å². The SMILES string of the molecule is COCCOCCOCCOCc1ccc(B(O)O)cc1. The van der Waals surface area contributed by atoms with Crippen LogP contribution in [0.5, 0.6) is 0 Å². The molecule has 0 aliphatic rings. The quantitative estimate of drug-likeness (QED) is 0.402. The van der Waals surface area contributed by atoms with Gasteiger partial charge in [-0.2, -0.15) is 0 Å². The highest BCUT2D eigenvalue weighted by Gasteiger charge is 2.09. The van der Waals surface area contributed by atoms with E-state index in [0.29, 0.717) is 51.7 Å². The molecule has 0 amide bonds. The first-order valence-electron chi connectivity index (χ1n) is 6.91. The average molecular weight is 298 g/mol. The van der Waals surface area contributed by atoms with Crippen molar-refractivity contribution in [3.05, 3.63) is 29.8 Å². The molecule has 0 aromatic heterocycles. The molecule has 1 rings (SSSR count). The zero-order chi connectivity index (χ0) is 15.3. The summed E-state index contributed by atoms with van der Waals surface area (Å²) in [5.74, 6) is 0. The van der Waals surface area contributed by atoms with Crippen molar-refractivity contribution in [3.63, 3.8) is 0 Å². The lowest BCUT2D eigenvalue weighted by Crippen LogP contribution is -2.29. The Balaban J connectivity index is 1.96. The first-order valence-corrected chi connectivity index (χ1v) is 6.91. The van der Waals surface area contributed by atoms with Crippen LogP contribution in [-0.2, 0) is 25.6 Å². The van der Waals surface area contributed by atoms with Gasteiger partial charge in [-0.05, 0) is 11.0 Å². The number of hydrogen-bond acceptors (Lipinski definition) is 6. The summed E-state index contributed by atoms with van der Waals surface area (Å²) in [6, 6.07) is 6.94. The van der Waals surface area contributed by atoms with E-state index in [4.69, 9.17) is 29.0 Å². The molecule has 2 N–H and O–H groups in total. The topological polar surface area (TPSA) is 77.4 Å². The number of methoxy groups -OCH3 is 1. The number of ether oxygens (including phenoxy) is 4. The highest BCUT2D eigenvalue weighted by molar-refractivity contribution is 6.58. The summed E-state index contributed by atoms with van der Waals surface area (Å²) in [5.41, 5.74) is 1.44. The van der Waals surface area contributed by atoms with Crippen molar-refractivity contribution in [2.24, 2.45) is 0 Å². The van der Waals surface area contributed by atoms with Crippen molar-refractivity contribution in [1.82, 2.24) is 0 Å². The monoisotopic (exact) mass is 298 g/mol. The lowest BCUT2D eigenvalue weighted by Gasteiger charge is -2.07. The zero-order valence-electron chi connectivity index (χ0n) is 12.4. The summed E-state index contributed by atoms with van der Waals surface area (Å²) in [7, 11) is 0.205. The Morgan fingerprint density at radius 2 is 1.33 bits per heavy atom. The molecule has 118 valence electrons. The normalized spacial score (nSPS) is 10.8. The van der Waals surface area contributed by atoms with Gasteiger partial charge in [-0.15, -0.1) is 0 Å². The minimum absolute atomic E-state index is 0.468.